The zero-order valence-corrected chi connectivity index (χ0v) is 18.7. The van der Waals surface area contributed by atoms with Crippen molar-refractivity contribution in [1.29, 1.82) is 0 Å². The Morgan fingerprint density at radius 1 is 1.06 bits per heavy atom. The van der Waals surface area contributed by atoms with Crippen molar-refractivity contribution in [3.8, 4) is 11.5 Å². The number of rotatable bonds is 4. The molecule has 1 saturated carbocycles. The van der Waals surface area contributed by atoms with Crippen LogP contribution < -0.4 is 14.8 Å². The van der Waals surface area contributed by atoms with E-state index in [9.17, 15) is 14.7 Å². The molecule has 2 saturated heterocycles. The number of hydrogen-bond donors (Lipinski definition) is 2. The molecule has 1 aromatic rings. The normalized spacial score (nSPS) is 29.8. The van der Waals surface area contributed by atoms with Gasteiger partial charge in [0.2, 0.25) is 12.7 Å². The maximum Gasteiger partial charge on any atom is 0.254 e. The number of hydrogen-bond acceptors (Lipinski definition) is 7. The van der Waals surface area contributed by atoms with Gasteiger partial charge < -0.3 is 34.3 Å². The van der Waals surface area contributed by atoms with Crippen LogP contribution in [0.3, 0.4) is 0 Å². The van der Waals surface area contributed by atoms with E-state index in [1.54, 1.807) is 23.1 Å². The molecule has 2 N–H and O–H groups in total. The summed E-state index contributed by atoms with van der Waals surface area (Å²) in [4.78, 5) is 27.7. The number of fused-ring (bicyclic) bond motifs is 2. The van der Waals surface area contributed by atoms with E-state index >= 15 is 0 Å². The smallest absolute Gasteiger partial charge is 0.254 e. The van der Waals surface area contributed by atoms with Crippen LogP contribution in [-0.2, 0) is 14.3 Å². The molecule has 0 aromatic heterocycles. The standard InChI is InChI=1S/C24H32N2O7/c27-17-11-26(24(29)15-5-8-20-21(9-15)32-14-31-20)19-7-6-18(33-22(19)13-30-12-17)10-23(28)25-16-3-1-2-4-16/h5,8-9,16-19,22,27H,1-4,6-7,10-14H2,(H,25,28)/t17-,18-,19-,22+/m0/s1. The molecule has 3 fully saturated rings. The number of β-amino-alcohol motifs (C(OH)–C–C–N with tert-alkyl or cyclic N) is 1. The minimum atomic E-state index is -0.779. The Bertz CT molecular complexity index is 872. The second-order valence-corrected chi connectivity index (χ2v) is 9.41. The summed E-state index contributed by atoms with van der Waals surface area (Å²) >= 11 is 0. The van der Waals surface area contributed by atoms with Crippen LogP contribution in [0.15, 0.2) is 18.2 Å². The molecule has 0 spiro atoms. The topological polar surface area (TPSA) is 107 Å². The number of carbonyl (C=O) groups excluding carboxylic acids is 2. The Morgan fingerprint density at radius 2 is 1.88 bits per heavy atom. The first-order valence-corrected chi connectivity index (χ1v) is 12.0. The van der Waals surface area contributed by atoms with Crippen molar-refractivity contribution in [3.63, 3.8) is 0 Å². The molecule has 9 nitrogen and oxygen atoms in total. The minimum absolute atomic E-state index is 0.0285. The maximum absolute atomic E-state index is 13.5. The number of amides is 2. The summed E-state index contributed by atoms with van der Waals surface area (Å²) in [6, 6.07) is 5.17. The van der Waals surface area contributed by atoms with Gasteiger partial charge in [-0.2, -0.15) is 0 Å². The van der Waals surface area contributed by atoms with Gasteiger partial charge in [-0.1, -0.05) is 12.8 Å². The van der Waals surface area contributed by atoms with Gasteiger partial charge in [-0.25, -0.2) is 0 Å². The summed E-state index contributed by atoms with van der Waals surface area (Å²) in [6.07, 6.45) is 4.77. The third kappa shape index (κ3) is 5.10. The van der Waals surface area contributed by atoms with Crippen LogP contribution in [0.2, 0.25) is 0 Å². The molecule has 0 bridgehead atoms. The number of aliphatic hydroxyl groups is 1. The number of aliphatic hydroxyl groups excluding tert-OH is 1. The predicted octanol–water partition coefficient (Wildman–Crippen LogP) is 1.61. The third-order valence-electron chi connectivity index (χ3n) is 6.99. The van der Waals surface area contributed by atoms with Crippen molar-refractivity contribution in [3.05, 3.63) is 23.8 Å². The van der Waals surface area contributed by atoms with Gasteiger partial charge in [0.1, 0.15) is 6.10 Å². The van der Waals surface area contributed by atoms with Crippen LogP contribution >= 0.6 is 0 Å². The molecular formula is C24H32N2O7. The minimum Gasteiger partial charge on any atom is -0.454 e. The first-order valence-electron chi connectivity index (χ1n) is 12.0. The lowest BCUT2D eigenvalue weighted by Crippen LogP contribution is -2.57. The van der Waals surface area contributed by atoms with Gasteiger partial charge in [0.15, 0.2) is 11.5 Å². The van der Waals surface area contributed by atoms with Gasteiger partial charge in [-0.15, -0.1) is 0 Å². The van der Waals surface area contributed by atoms with Crippen molar-refractivity contribution in [2.45, 2.75) is 75.3 Å². The predicted molar refractivity (Wildman–Crippen MR) is 117 cm³/mol. The molecule has 1 aromatic carbocycles. The highest BCUT2D eigenvalue weighted by molar-refractivity contribution is 5.95. The van der Waals surface area contributed by atoms with E-state index in [1.807, 2.05) is 0 Å². The molecule has 2 amide bonds. The van der Waals surface area contributed by atoms with Gasteiger partial charge in [0.05, 0.1) is 37.9 Å². The third-order valence-corrected chi connectivity index (χ3v) is 6.99. The maximum atomic E-state index is 13.5. The molecule has 4 aliphatic rings. The van der Waals surface area contributed by atoms with E-state index in [2.05, 4.69) is 5.32 Å². The van der Waals surface area contributed by atoms with Crippen LogP contribution in [-0.4, -0.2) is 78.8 Å². The highest BCUT2D eigenvalue weighted by Gasteiger charge is 2.40. The second-order valence-electron chi connectivity index (χ2n) is 9.41. The summed E-state index contributed by atoms with van der Waals surface area (Å²) in [6.45, 7) is 0.698. The Hall–Kier alpha value is -2.36. The fraction of sp³-hybridized carbons (Fsp3) is 0.667. The Morgan fingerprint density at radius 3 is 2.73 bits per heavy atom. The van der Waals surface area contributed by atoms with Crippen molar-refractivity contribution in [2.24, 2.45) is 0 Å². The van der Waals surface area contributed by atoms with Crippen molar-refractivity contribution in [2.75, 3.05) is 26.6 Å². The Kier molecular flexibility index (Phi) is 6.71. The summed E-state index contributed by atoms with van der Waals surface area (Å²) in [5.41, 5.74) is 0.477. The second kappa shape index (κ2) is 9.87. The SMILES string of the molecule is O=C(C[C@@H]1CC[C@H]2[C@@H](COC[C@@H](O)CN2C(=O)c2ccc3c(c2)OCO3)O1)NC1CCCC1. The highest BCUT2D eigenvalue weighted by Crippen LogP contribution is 2.34. The van der Waals surface area contributed by atoms with E-state index in [1.165, 1.54) is 12.8 Å². The number of nitrogens with zero attached hydrogens (tertiary/aromatic N) is 1. The summed E-state index contributed by atoms with van der Waals surface area (Å²) in [5, 5.41) is 13.5. The highest BCUT2D eigenvalue weighted by atomic mass is 16.7. The zero-order valence-electron chi connectivity index (χ0n) is 18.7. The van der Waals surface area contributed by atoms with E-state index in [4.69, 9.17) is 18.9 Å². The van der Waals surface area contributed by atoms with Gasteiger partial charge in [-0.05, 0) is 43.9 Å². The summed E-state index contributed by atoms with van der Waals surface area (Å²) in [5.74, 6) is 0.998. The Balaban J connectivity index is 1.27. The monoisotopic (exact) mass is 460 g/mol. The quantitative estimate of drug-likeness (QED) is 0.703. The van der Waals surface area contributed by atoms with Gasteiger partial charge in [0.25, 0.3) is 5.91 Å². The van der Waals surface area contributed by atoms with Crippen LogP contribution in [0.25, 0.3) is 0 Å². The van der Waals surface area contributed by atoms with E-state index in [0.717, 1.165) is 12.8 Å². The molecule has 33 heavy (non-hydrogen) atoms. The molecule has 0 radical (unpaired) electrons. The molecule has 1 aliphatic carbocycles. The van der Waals surface area contributed by atoms with Crippen LogP contribution in [0, 0.1) is 0 Å². The average Bonchev–Trinajstić information content (AvgIpc) is 3.47. The van der Waals surface area contributed by atoms with E-state index in [0.29, 0.717) is 36.3 Å². The largest absolute Gasteiger partial charge is 0.454 e. The first kappa shape index (κ1) is 22.4. The summed E-state index contributed by atoms with van der Waals surface area (Å²) < 4.78 is 22.7. The number of ether oxygens (including phenoxy) is 4. The first-order chi connectivity index (χ1) is 16.1. The molecular weight excluding hydrogens is 428 g/mol. The van der Waals surface area contributed by atoms with Gasteiger partial charge >= 0.3 is 0 Å². The number of benzene rings is 1. The van der Waals surface area contributed by atoms with E-state index in [-0.39, 0.29) is 62.7 Å². The van der Waals surface area contributed by atoms with Crippen LogP contribution in [0.5, 0.6) is 11.5 Å². The Labute approximate surface area is 193 Å². The number of nitrogens with one attached hydrogen (secondary N) is 1. The molecule has 4 atom stereocenters. The van der Waals surface area contributed by atoms with Gasteiger partial charge in [-0.3, -0.25) is 9.59 Å². The lowest BCUT2D eigenvalue weighted by molar-refractivity contribution is -0.151. The molecule has 0 unspecified atom stereocenters. The van der Waals surface area contributed by atoms with E-state index < -0.39 is 6.10 Å². The number of carbonyl (C=O) groups is 2. The van der Waals surface area contributed by atoms with Crippen molar-refractivity contribution in [1.82, 2.24) is 10.2 Å². The average molecular weight is 461 g/mol. The van der Waals surface area contributed by atoms with Gasteiger partial charge in [0, 0.05) is 18.2 Å². The molecule has 180 valence electrons. The fourth-order valence-corrected chi connectivity index (χ4v) is 5.33. The lowest BCUT2D eigenvalue weighted by atomic mass is 9.94. The molecule has 9 heteroatoms. The fourth-order valence-electron chi connectivity index (χ4n) is 5.33. The zero-order chi connectivity index (χ0) is 22.8. The van der Waals surface area contributed by atoms with Crippen molar-refractivity contribution < 1.29 is 33.6 Å². The molecule has 5 rings (SSSR count). The van der Waals surface area contributed by atoms with Crippen molar-refractivity contribution >= 4 is 11.8 Å². The lowest BCUT2D eigenvalue weighted by Gasteiger charge is -2.44. The molecule has 3 aliphatic heterocycles. The molecule has 3 heterocycles. The van der Waals surface area contributed by atoms with Crippen LogP contribution in [0.4, 0.5) is 0 Å². The van der Waals surface area contributed by atoms with Crippen LogP contribution in [0.1, 0.15) is 55.3 Å². The summed E-state index contributed by atoms with van der Waals surface area (Å²) in [7, 11) is 0.